The summed E-state index contributed by atoms with van der Waals surface area (Å²) >= 11 is 6.04. The second kappa shape index (κ2) is 5.52. The van der Waals surface area contributed by atoms with Crippen molar-refractivity contribution in [2.45, 2.75) is 56.4 Å². The highest BCUT2D eigenvalue weighted by Crippen LogP contribution is 2.23. The lowest BCUT2D eigenvalue weighted by Crippen LogP contribution is -2.17. The van der Waals surface area contributed by atoms with Crippen LogP contribution < -0.4 is 0 Å². The largest absolute Gasteiger partial charge is 0.150 e. The number of rotatable bonds is 1. The zero-order valence-electron chi connectivity index (χ0n) is 7.34. The van der Waals surface area contributed by atoms with Crippen molar-refractivity contribution in [3.63, 3.8) is 0 Å². The minimum atomic E-state index is -0.134. The van der Waals surface area contributed by atoms with Gasteiger partial charge in [0.25, 0.3) is 0 Å². The topological polar surface area (TPSA) is 29.4 Å². The zero-order chi connectivity index (χ0) is 8.81. The van der Waals surface area contributed by atoms with E-state index in [1.807, 2.05) is 0 Å². The normalized spacial score (nSPS) is 33.1. The van der Waals surface area contributed by atoms with Crippen LogP contribution in [-0.2, 0) is 0 Å². The Balaban J connectivity index is 2.40. The van der Waals surface area contributed by atoms with Gasteiger partial charge in [0, 0.05) is 0 Å². The second-order valence-corrected chi connectivity index (χ2v) is 4.09. The summed E-state index contributed by atoms with van der Waals surface area (Å²) in [5.41, 5.74) is 0. The molecular formula is C9H16ClNO. The van der Waals surface area contributed by atoms with Crippen LogP contribution in [0.15, 0.2) is 5.18 Å². The van der Waals surface area contributed by atoms with Crippen LogP contribution in [0.3, 0.4) is 0 Å². The summed E-state index contributed by atoms with van der Waals surface area (Å²) in [6.45, 7) is 0. The molecule has 2 nitrogen and oxygen atoms in total. The van der Waals surface area contributed by atoms with E-state index in [-0.39, 0.29) is 11.4 Å². The summed E-state index contributed by atoms with van der Waals surface area (Å²) in [4.78, 5) is 10.4. The molecule has 0 heterocycles. The van der Waals surface area contributed by atoms with E-state index in [0.717, 1.165) is 25.7 Å². The molecule has 70 valence electrons. The molecule has 1 saturated carbocycles. The van der Waals surface area contributed by atoms with Crippen LogP contribution >= 0.6 is 11.6 Å². The van der Waals surface area contributed by atoms with E-state index < -0.39 is 0 Å². The number of nitrogens with zero attached hydrogens (tertiary/aromatic N) is 1. The lowest BCUT2D eigenvalue weighted by molar-refractivity contribution is 0.540. The fraction of sp³-hybridized carbons (Fsp3) is 1.00. The molecule has 2 unspecified atom stereocenters. The Morgan fingerprint density at radius 1 is 1.00 bits per heavy atom. The smallest absolute Gasteiger partial charge is 0.108 e. The Morgan fingerprint density at radius 3 is 2.25 bits per heavy atom. The molecule has 0 radical (unpaired) electrons. The first-order valence-corrected chi connectivity index (χ1v) is 5.25. The monoisotopic (exact) mass is 189 g/mol. The van der Waals surface area contributed by atoms with Gasteiger partial charge in [-0.1, -0.05) is 37.3 Å². The summed E-state index contributed by atoms with van der Waals surface area (Å²) in [6, 6.07) is -0.134. The highest BCUT2D eigenvalue weighted by Gasteiger charge is 2.20. The average Bonchev–Trinajstić information content (AvgIpc) is 2.17. The molecule has 0 aromatic rings. The highest BCUT2D eigenvalue weighted by molar-refractivity contribution is 6.21. The van der Waals surface area contributed by atoms with Crippen molar-refractivity contribution in [1.82, 2.24) is 0 Å². The number of hydrogen-bond acceptors (Lipinski definition) is 2. The third kappa shape index (κ3) is 3.10. The summed E-state index contributed by atoms with van der Waals surface area (Å²) in [6.07, 6.45) is 7.88. The minimum absolute atomic E-state index is 0.0133. The summed E-state index contributed by atoms with van der Waals surface area (Å²) in [5.74, 6) is 0. The molecule has 1 fully saturated rings. The SMILES string of the molecule is O=NC1CCCCCCCC1Cl. The molecule has 0 aliphatic heterocycles. The maximum absolute atomic E-state index is 10.4. The molecule has 1 aliphatic rings. The van der Waals surface area contributed by atoms with Crippen LogP contribution in [0.5, 0.6) is 0 Å². The van der Waals surface area contributed by atoms with Crippen LogP contribution in [0.1, 0.15) is 44.9 Å². The van der Waals surface area contributed by atoms with Gasteiger partial charge in [-0.3, -0.25) is 0 Å². The number of hydrogen-bond donors (Lipinski definition) is 0. The van der Waals surface area contributed by atoms with Gasteiger partial charge in [-0.05, 0) is 12.8 Å². The molecule has 0 saturated heterocycles. The molecule has 3 heteroatoms. The Bertz CT molecular complexity index is 140. The predicted molar refractivity (Wildman–Crippen MR) is 51.5 cm³/mol. The first-order valence-electron chi connectivity index (χ1n) is 4.81. The maximum Gasteiger partial charge on any atom is 0.108 e. The van der Waals surface area contributed by atoms with E-state index in [1.165, 1.54) is 19.3 Å². The van der Waals surface area contributed by atoms with Gasteiger partial charge in [-0.25, -0.2) is 0 Å². The molecule has 12 heavy (non-hydrogen) atoms. The lowest BCUT2D eigenvalue weighted by atomic mass is 10.1. The van der Waals surface area contributed by atoms with Gasteiger partial charge in [0.05, 0.1) is 5.38 Å². The Hall–Kier alpha value is -0.110. The van der Waals surface area contributed by atoms with E-state index in [9.17, 15) is 4.91 Å². The van der Waals surface area contributed by atoms with Crippen molar-refractivity contribution >= 4 is 11.6 Å². The van der Waals surface area contributed by atoms with Gasteiger partial charge in [0.1, 0.15) is 6.04 Å². The fourth-order valence-electron chi connectivity index (χ4n) is 1.72. The van der Waals surface area contributed by atoms with E-state index in [1.54, 1.807) is 0 Å². The van der Waals surface area contributed by atoms with Gasteiger partial charge < -0.3 is 0 Å². The summed E-state index contributed by atoms with van der Waals surface area (Å²) < 4.78 is 0. The van der Waals surface area contributed by atoms with E-state index in [4.69, 9.17) is 11.6 Å². The van der Waals surface area contributed by atoms with Crippen molar-refractivity contribution in [3.05, 3.63) is 4.91 Å². The molecular weight excluding hydrogens is 174 g/mol. The van der Waals surface area contributed by atoms with Crippen molar-refractivity contribution in [2.75, 3.05) is 0 Å². The minimum Gasteiger partial charge on any atom is -0.150 e. The molecule has 1 aliphatic carbocycles. The third-order valence-electron chi connectivity index (χ3n) is 2.53. The predicted octanol–water partition coefficient (Wildman–Crippen LogP) is 3.47. The third-order valence-corrected chi connectivity index (χ3v) is 3.04. The molecule has 1 rings (SSSR count). The average molecular weight is 190 g/mol. The molecule has 0 aromatic heterocycles. The van der Waals surface area contributed by atoms with E-state index in [2.05, 4.69) is 5.18 Å². The van der Waals surface area contributed by atoms with Gasteiger partial charge in [-0.2, -0.15) is 4.91 Å². The number of halogens is 1. The molecule has 0 bridgehead atoms. The van der Waals surface area contributed by atoms with Crippen molar-refractivity contribution in [3.8, 4) is 0 Å². The van der Waals surface area contributed by atoms with E-state index >= 15 is 0 Å². The molecule has 2 atom stereocenters. The number of alkyl halides is 1. The van der Waals surface area contributed by atoms with Crippen LogP contribution in [0.25, 0.3) is 0 Å². The fourth-order valence-corrected chi connectivity index (χ4v) is 2.04. The maximum atomic E-state index is 10.4. The van der Waals surface area contributed by atoms with Gasteiger partial charge in [-0.15, -0.1) is 11.6 Å². The van der Waals surface area contributed by atoms with Crippen LogP contribution in [0.4, 0.5) is 0 Å². The first kappa shape index (κ1) is 9.97. The van der Waals surface area contributed by atoms with Crippen LogP contribution in [-0.4, -0.2) is 11.4 Å². The second-order valence-electron chi connectivity index (χ2n) is 3.53. The highest BCUT2D eigenvalue weighted by atomic mass is 35.5. The van der Waals surface area contributed by atoms with Crippen molar-refractivity contribution in [1.29, 1.82) is 0 Å². The first-order chi connectivity index (χ1) is 5.84. The van der Waals surface area contributed by atoms with E-state index in [0.29, 0.717) is 0 Å². The molecule has 0 aromatic carbocycles. The van der Waals surface area contributed by atoms with Crippen LogP contribution in [0.2, 0.25) is 0 Å². The van der Waals surface area contributed by atoms with Crippen LogP contribution in [0, 0.1) is 4.91 Å². The molecule has 0 N–H and O–H groups in total. The van der Waals surface area contributed by atoms with Crippen molar-refractivity contribution < 1.29 is 0 Å². The van der Waals surface area contributed by atoms with Gasteiger partial charge in [0.15, 0.2) is 0 Å². The lowest BCUT2D eigenvalue weighted by Gasteiger charge is -2.12. The Kier molecular flexibility index (Phi) is 4.59. The Labute approximate surface area is 78.7 Å². The van der Waals surface area contributed by atoms with Gasteiger partial charge >= 0.3 is 0 Å². The standard InChI is InChI=1S/C9H16ClNO/c10-8-6-4-2-1-3-5-7-9(8)11-12/h8-9H,1-7H2. The zero-order valence-corrected chi connectivity index (χ0v) is 8.09. The Morgan fingerprint density at radius 2 is 1.58 bits per heavy atom. The quantitative estimate of drug-likeness (QED) is 0.459. The molecule has 0 spiro atoms. The summed E-state index contributed by atoms with van der Waals surface area (Å²) in [7, 11) is 0. The summed E-state index contributed by atoms with van der Waals surface area (Å²) in [5, 5.41) is 3.08. The number of nitroso groups, excluding NO2 is 1. The van der Waals surface area contributed by atoms with Crippen molar-refractivity contribution in [2.24, 2.45) is 5.18 Å². The van der Waals surface area contributed by atoms with Gasteiger partial charge in [0.2, 0.25) is 0 Å². The molecule has 0 amide bonds.